The van der Waals surface area contributed by atoms with Gasteiger partial charge in [-0.2, -0.15) is 0 Å². The van der Waals surface area contributed by atoms with Crippen LogP contribution in [-0.4, -0.2) is 13.0 Å². The van der Waals surface area contributed by atoms with Crippen LogP contribution in [-0.2, 0) is 11.2 Å². The first kappa shape index (κ1) is 11.3. The predicted octanol–water partition coefficient (Wildman–Crippen LogP) is -1.91. The van der Waals surface area contributed by atoms with Crippen molar-refractivity contribution in [3.63, 3.8) is 0 Å². The van der Waals surface area contributed by atoms with Gasteiger partial charge in [0, 0.05) is 7.05 Å². The van der Waals surface area contributed by atoms with Crippen LogP contribution in [0.4, 0.5) is 0 Å². The molecular formula is C9H12LiNO. The summed E-state index contributed by atoms with van der Waals surface area (Å²) in [7, 11) is 1.64. The molecule has 0 saturated heterocycles. The number of benzene rings is 1. The minimum absolute atomic E-state index is 0. The Morgan fingerprint density at radius 3 is 2.50 bits per heavy atom. The number of carbonyl (C=O) groups excluding carboxylic acids is 1. The van der Waals surface area contributed by atoms with Crippen molar-refractivity contribution >= 4 is 5.91 Å². The fraction of sp³-hybridized carbons (Fsp3) is 0.222. The van der Waals surface area contributed by atoms with Crippen molar-refractivity contribution in [1.29, 1.82) is 0 Å². The second-order valence-corrected chi connectivity index (χ2v) is 2.34. The molecule has 12 heavy (non-hydrogen) atoms. The number of carbonyl (C=O) groups is 1. The summed E-state index contributed by atoms with van der Waals surface area (Å²) in [5, 5.41) is 2.57. The number of amides is 1. The van der Waals surface area contributed by atoms with Crippen LogP contribution >= 0.6 is 0 Å². The Morgan fingerprint density at radius 2 is 2.00 bits per heavy atom. The van der Waals surface area contributed by atoms with E-state index in [1.807, 2.05) is 30.3 Å². The molecule has 0 aliphatic heterocycles. The van der Waals surface area contributed by atoms with Gasteiger partial charge >= 0.3 is 18.9 Å². The van der Waals surface area contributed by atoms with E-state index >= 15 is 0 Å². The van der Waals surface area contributed by atoms with Crippen LogP contribution in [0.15, 0.2) is 30.3 Å². The molecule has 0 spiro atoms. The maximum atomic E-state index is 10.9. The smallest absolute Gasteiger partial charge is 1.00 e. The summed E-state index contributed by atoms with van der Waals surface area (Å²) in [4.78, 5) is 10.9. The number of hydrogen-bond donors (Lipinski definition) is 1. The van der Waals surface area contributed by atoms with Gasteiger partial charge in [-0.1, -0.05) is 30.3 Å². The van der Waals surface area contributed by atoms with Crippen molar-refractivity contribution in [2.24, 2.45) is 0 Å². The third kappa shape index (κ3) is 3.61. The zero-order valence-corrected chi connectivity index (χ0v) is 7.50. The quantitative estimate of drug-likeness (QED) is 0.499. The maximum absolute atomic E-state index is 10.9. The molecule has 0 aromatic heterocycles. The molecule has 0 atom stereocenters. The second-order valence-electron chi connectivity index (χ2n) is 2.34. The molecule has 60 valence electrons. The number of likely N-dealkylation sites (N-methyl/N-ethyl adjacent to an activating group) is 1. The molecule has 0 bridgehead atoms. The zero-order chi connectivity index (χ0) is 8.10. The summed E-state index contributed by atoms with van der Waals surface area (Å²) in [6, 6.07) is 9.67. The average Bonchev–Trinajstić information content (AvgIpc) is 2.06. The largest absolute Gasteiger partial charge is 1.00 e. The monoisotopic (exact) mass is 157 g/mol. The van der Waals surface area contributed by atoms with E-state index in [0.29, 0.717) is 6.42 Å². The summed E-state index contributed by atoms with van der Waals surface area (Å²) in [5.74, 6) is 0.0520. The first-order valence-electron chi connectivity index (χ1n) is 3.57. The van der Waals surface area contributed by atoms with Gasteiger partial charge in [0.1, 0.15) is 0 Å². The Balaban J connectivity index is 0. The topological polar surface area (TPSA) is 29.1 Å². The molecule has 0 saturated carbocycles. The number of rotatable bonds is 2. The van der Waals surface area contributed by atoms with Crippen LogP contribution in [0.1, 0.15) is 6.99 Å². The van der Waals surface area contributed by atoms with Gasteiger partial charge in [0.05, 0.1) is 6.42 Å². The second kappa shape index (κ2) is 5.88. The Hall–Kier alpha value is -0.713. The van der Waals surface area contributed by atoms with Crippen molar-refractivity contribution < 1.29 is 25.1 Å². The number of hydrogen-bond acceptors (Lipinski definition) is 1. The van der Waals surface area contributed by atoms with E-state index in [1.54, 1.807) is 7.05 Å². The third-order valence-electron chi connectivity index (χ3n) is 1.49. The van der Waals surface area contributed by atoms with E-state index in [9.17, 15) is 4.79 Å². The summed E-state index contributed by atoms with van der Waals surface area (Å²) in [5.41, 5.74) is 1.05. The van der Waals surface area contributed by atoms with Crippen molar-refractivity contribution in [3.8, 4) is 0 Å². The van der Waals surface area contributed by atoms with Gasteiger partial charge in [-0.3, -0.25) is 4.79 Å². The molecule has 1 rings (SSSR count). The normalized spacial score (nSPS) is 8.42. The van der Waals surface area contributed by atoms with Gasteiger partial charge in [0.15, 0.2) is 0 Å². The summed E-state index contributed by atoms with van der Waals surface area (Å²) < 4.78 is 0. The standard InChI is InChI=1S/C9H11NO.Li.H/c1-10-9(11)7-8-5-3-2-4-6-8;;/h2-6H,7H2,1H3,(H,10,11);;/q;+1;-1. The Labute approximate surface area is 86.0 Å². The van der Waals surface area contributed by atoms with Gasteiger partial charge in [0.25, 0.3) is 0 Å². The molecule has 2 nitrogen and oxygen atoms in total. The molecular weight excluding hydrogens is 145 g/mol. The number of nitrogens with one attached hydrogen (secondary N) is 1. The van der Waals surface area contributed by atoms with E-state index in [4.69, 9.17) is 0 Å². The summed E-state index contributed by atoms with van der Waals surface area (Å²) in [6.07, 6.45) is 0.470. The average molecular weight is 157 g/mol. The van der Waals surface area contributed by atoms with E-state index in [2.05, 4.69) is 5.32 Å². The fourth-order valence-electron chi connectivity index (χ4n) is 0.870. The van der Waals surface area contributed by atoms with Gasteiger partial charge in [-0.25, -0.2) is 0 Å². The molecule has 0 aliphatic carbocycles. The molecule has 1 aromatic rings. The molecule has 0 radical (unpaired) electrons. The molecule has 0 unspecified atom stereocenters. The van der Waals surface area contributed by atoms with Gasteiger partial charge < -0.3 is 6.74 Å². The fourth-order valence-corrected chi connectivity index (χ4v) is 0.870. The van der Waals surface area contributed by atoms with E-state index in [1.165, 1.54) is 0 Å². The maximum Gasteiger partial charge on any atom is 1.00 e. The predicted molar refractivity (Wildman–Crippen MR) is 45.3 cm³/mol. The van der Waals surface area contributed by atoms with Crippen LogP contribution in [0.3, 0.4) is 0 Å². The van der Waals surface area contributed by atoms with E-state index < -0.39 is 0 Å². The van der Waals surface area contributed by atoms with Gasteiger partial charge in [0.2, 0.25) is 5.91 Å². The summed E-state index contributed by atoms with van der Waals surface area (Å²) >= 11 is 0. The molecule has 0 heterocycles. The van der Waals surface area contributed by atoms with Crippen LogP contribution in [0.25, 0.3) is 0 Å². The van der Waals surface area contributed by atoms with E-state index in [-0.39, 0.29) is 26.2 Å². The molecule has 1 N–H and O–H groups in total. The van der Waals surface area contributed by atoms with Crippen molar-refractivity contribution in [2.75, 3.05) is 7.05 Å². The van der Waals surface area contributed by atoms with Gasteiger partial charge in [-0.15, -0.1) is 0 Å². The van der Waals surface area contributed by atoms with Crippen LogP contribution in [0.5, 0.6) is 0 Å². The molecule has 1 amide bonds. The van der Waals surface area contributed by atoms with Gasteiger partial charge in [-0.05, 0) is 5.56 Å². The van der Waals surface area contributed by atoms with Crippen LogP contribution in [0, 0.1) is 0 Å². The first-order chi connectivity index (χ1) is 5.33. The van der Waals surface area contributed by atoms with Crippen molar-refractivity contribution in [3.05, 3.63) is 35.9 Å². The van der Waals surface area contributed by atoms with Crippen LogP contribution in [0.2, 0.25) is 0 Å². The zero-order valence-electron chi connectivity index (χ0n) is 8.50. The SMILES string of the molecule is CNC(=O)Cc1ccccc1.[H-].[Li+]. The Kier molecular flexibility index (Phi) is 5.53. The molecule has 1 aromatic carbocycles. The molecule has 0 fully saturated rings. The molecule has 0 aliphatic rings. The minimum Gasteiger partial charge on any atom is -1.00 e. The minimum atomic E-state index is 0. The first-order valence-corrected chi connectivity index (χ1v) is 3.57. The van der Waals surface area contributed by atoms with Crippen molar-refractivity contribution in [1.82, 2.24) is 5.32 Å². The Bertz CT molecular complexity index is 241. The molecule has 3 heteroatoms. The van der Waals surface area contributed by atoms with Crippen molar-refractivity contribution in [2.45, 2.75) is 6.42 Å². The third-order valence-corrected chi connectivity index (χ3v) is 1.49. The van der Waals surface area contributed by atoms with E-state index in [0.717, 1.165) is 5.56 Å². The Morgan fingerprint density at radius 1 is 1.42 bits per heavy atom. The van der Waals surface area contributed by atoms with Crippen LogP contribution < -0.4 is 24.2 Å². The summed E-state index contributed by atoms with van der Waals surface area (Å²) in [6.45, 7) is 0.